The van der Waals surface area contributed by atoms with Crippen LogP contribution in [0.15, 0.2) is 54.6 Å². The van der Waals surface area contributed by atoms with Gasteiger partial charge in [0.15, 0.2) is 0 Å². The van der Waals surface area contributed by atoms with Crippen LogP contribution in [0.1, 0.15) is 23.5 Å². The highest BCUT2D eigenvalue weighted by atomic mass is 19.4. The van der Waals surface area contributed by atoms with E-state index < -0.39 is 17.7 Å². The molecular weight excluding hydrogens is 407 g/mol. The van der Waals surface area contributed by atoms with E-state index in [9.17, 15) is 22.8 Å². The smallest absolute Gasteiger partial charge is 0.340 e. The lowest BCUT2D eigenvalue weighted by Gasteiger charge is -2.34. The summed E-state index contributed by atoms with van der Waals surface area (Å²) >= 11 is 0. The Morgan fingerprint density at radius 2 is 1.58 bits per heavy atom. The Kier molecular flexibility index (Phi) is 6.00. The molecule has 4 rings (SSSR count). The molecule has 2 aromatic rings. The van der Waals surface area contributed by atoms with Gasteiger partial charge in [-0.25, -0.2) is 0 Å². The van der Waals surface area contributed by atoms with E-state index in [0.29, 0.717) is 32.6 Å². The van der Waals surface area contributed by atoms with Crippen molar-refractivity contribution >= 4 is 17.5 Å². The number of rotatable bonds is 5. The van der Waals surface area contributed by atoms with Crippen LogP contribution in [0, 0.1) is 5.92 Å². The van der Waals surface area contributed by atoms with Crippen LogP contribution in [0.5, 0.6) is 0 Å². The summed E-state index contributed by atoms with van der Waals surface area (Å²) in [6.45, 7) is 2.31. The van der Waals surface area contributed by atoms with E-state index >= 15 is 0 Å². The second-order valence-corrected chi connectivity index (χ2v) is 8.05. The molecule has 164 valence electrons. The Morgan fingerprint density at radius 1 is 0.935 bits per heavy atom. The number of carbonyl (C=O) groups excluding carboxylic acids is 2. The van der Waals surface area contributed by atoms with E-state index in [0.717, 1.165) is 11.8 Å². The first-order valence-corrected chi connectivity index (χ1v) is 10.3. The first-order valence-electron chi connectivity index (χ1n) is 10.3. The maximum absolute atomic E-state index is 13.3. The van der Waals surface area contributed by atoms with E-state index in [2.05, 4.69) is 5.32 Å². The van der Waals surface area contributed by atoms with Crippen molar-refractivity contribution in [2.45, 2.75) is 18.5 Å². The van der Waals surface area contributed by atoms with Crippen molar-refractivity contribution in [2.24, 2.45) is 5.92 Å². The normalized spacial score (nSPS) is 21.6. The summed E-state index contributed by atoms with van der Waals surface area (Å²) in [5.41, 5.74) is 0.300. The number of piperazine rings is 1. The van der Waals surface area contributed by atoms with Crippen LogP contribution >= 0.6 is 0 Å². The number of carbonyl (C=O) groups is 2. The minimum absolute atomic E-state index is 0.0876. The van der Waals surface area contributed by atoms with Crippen LogP contribution in [0.4, 0.5) is 18.9 Å². The lowest BCUT2D eigenvalue weighted by atomic mass is 10.0. The molecule has 0 aromatic heterocycles. The van der Waals surface area contributed by atoms with Gasteiger partial charge in [0.1, 0.15) is 0 Å². The molecule has 0 bridgehead atoms. The molecule has 2 fully saturated rings. The molecule has 2 atom stereocenters. The monoisotopic (exact) mass is 431 g/mol. The van der Waals surface area contributed by atoms with Gasteiger partial charge in [-0.05, 0) is 36.1 Å². The van der Waals surface area contributed by atoms with Gasteiger partial charge in [-0.3, -0.25) is 14.5 Å². The first-order chi connectivity index (χ1) is 14.8. The number of amides is 2. The molecule has 2 unspecified atom stereocenters. The van der Waals surface area contributed by atoms with Gasteiger partial charge in [0.05, 0.1) is 12.1 Å². The third kappa shape index (κ3) is 5.07. The number of benzene rings is 2. The SMILES string of the molecule is O=C(CN1CCN(C(=O)C2CC2c2ccccc2C(F)(F)F)CC1)Nc1ccccc1. The summed E-state index contributed by atoms with van der Waals surface area (Å²) in [4.78, 5) is 28.7. The van der Waals surface area contributed by atoms with Crippen molar-refractivity contribution in [1.29, 1.82) is 0 Å². The highest BCUT2D eigenvalue weighted by molar-refractivity contribution is 5.92. The minimum atomic E-state index is -4.42. The number of halogens is 3. The third-order valence-corrected chi connectivity index (χ3v) is 5.88. The van der Waals surface area contributed by atoms with Crippen LogP contribution in [0.25, 0.3) is 0 Å². The molecule has 0 spiro atoms. The van der Waals surface area contributed by atoms with Gasteiger partial charge in [-0.1, -0.05) is 36.4 Å². The average Bonchev–Trinajstić information content (AvgIpc) is 3.55. The molecule has 2 amide bonds. The molecule has 31 heavy (non-hydrogen) atoms. The first kappa shape index (κ1) is 21.4. The van der Waals surface area contributed by atoms with Crippen LogP contribution in [-0.4, -0.2) is 54.3 Å². The highest BCUT2D eigenvalue weighted by Crippen LogP contribution is 2.51. The van der Waals surface area contributed by atoms with Gasteiger partial charge < -0.3 is 10.2 Å². The maximum Gasteiger partial charge on any atom is 0.416 e. The zero-order valence-corrected chi connectivity index (χ0v) is 16.9. The van der Waals surface area contributed by atoms with Crippen molar-refractivity contribution in [3.8, 4) is 0 Å². The number of hydrogen-bond acceptors (Lipinski definition) is 3. The summed E-state index contributed by atoms with van der Waals surface area (Å²) in [5.74, 6) is -0.969. The minimum Gasteiger partial charge on any atom is -0.340 e. The number of nitrogens with zero attached hydrogens (tertiary/aromatic N) is 2. The second kappa shape index (κ2) is 8.70. The molecule has 1 aliphatic carbocycles. The predicted octanol–water partition coefficient (Wildman–Crippen LogP) is 3.59. The van der Waals surface area contributed by atoms with Gasteiger partial charge in [-0.2, -0.15) is 13.2 Å². The average molecular weight is 431 g/mol. The van der Waals surface area contributed by atoms with Gasteiger partial charge in [0, 0.05) is 37.8 Å². The number of nitrogens with one attached hydrogen (secondary N) is 1. The predicted molar refractivity (Wildman–Crippen MR) is 110 cm³/mol. The molecule has 2 aliphatic rings. The molecule has 5 nitrogen and oxygen atoms in total. The largest absolute Gasteiger partial charge is 0.416 e. The Balaban J connectivity index is 1.28. The summed E-state index contributed by atoms with van der Waals surface area (Å²) < 4.78 is 39.8. The zero-order valence-electron chi connectivity index (χ0n) is 16.9. The third-order valence-electron chi connectivity index (χ3n) is 5.88. The number of para-hydroxylation sites is 1. The lowest BCUT2D eigenvalue weighted by Crippen LogP contribution is -2.51. The molecular formula is C23H24F3N3O2. The van der Waals surface area contributed by atoms with Crippen molar-refractivity contribution in [1.82, 2.24) is 9.80 Å². The Hall–Kier alpha value is -2.87. The Labute approximate surface area is 178 Å². The van der Waals surface area contributed by atoms with Crippen LogP contribution in [-0.2, 0) is 15.8 Å². The summed E-state index contributed by atoms with van der Waals surface area (Å²) in [7, 11) is 0. The number of alkyl halides is 3. The number of hydrogen-bond donors (Lipinski definition) is 1. The Bertz CT molecular complexity index is 941. The van der Waals surface area contributed by atoms with E-state index in [1.165, 1.54) is 12.1 Å². The van der Waals surface area contributed by atoms with Crippen molar-refractivity contribution < 1.29 is 22.8 Å². The molecule has 1 saturated carbocycles. The van der Waals surface area contributed by atoms with Crippen molar-refractivity contribution in [3.05, 3.63) is 65.7 Å². The van der Waals surface area contributed by atoms with E-state index in [-0.39, 0.29) is 29.8 Å². The van der Waals surface area contributed by atoms with Gasteiger partial charge >= 0.3 is 6.18 Å². The topological polar surface area (TPSA) is 52.7 Å². The molecule has 1 saturated heterocycles. The standard InChI is InChI=1S/C23H24F3N3O2/c24-23(25,26)20-9-5-4-8-17(20)18-14-19(18)22(31)29-12-10-28(11-13-29)15-21(30)27-16-6-2-1-3-7-16/h1-9,18-19H,10-15H2,(H,27,30). The molecule has 8 heteroatoms. The fraction of sp³-hybridized carbons (Fsp3) is 0.391. The van der Waals surface area contributed by atoms with E-state index in [1.54, 1.807) is 11.0 Å². The number of anilines is 1. The second-order valence-electron chi connectivity index (χ2n) is 8.05. The fourth-order valence-electron chi connectivity index (χ4n) is 4.18. The van der Waals surface area contributed by atoms with Crippen LogP contribution < -0.4 is 5.32 Å². The van der Waals surface area contributed by atoms with Crippen molar-refractivity contribution in [3.63, 3.8) is 0 Å². The molecule has 1 heterocycles. The Morgan fingerprint density at radius 3 is 2.26 bits per heavy atom. The molecule has 1 aliphatic heterocycles. The van der Waals surface area contributed by atoms with Gasteiger partial charge in [0.2, 0.25) is 11.8 Å². The van der Waals surface area contributed by atoms with Crippen molar-refractivity contribution in [2.75, 3.05) is 38.0 Å². The summed E-state index contributed by atoms with van der Waals surface area (Å²) in [6.07, 6.45) is -3.97. The van der Waals surface area contributed by atoms with E-state index in [1.807, 2.05) is 35.2 Å². The summed E-state index contributed by atoms with van der Waals surface area (Å²) in [6, 6.07) is 14.7. The van der Waals surface area contributed by atoms with E-state index in [4.69, 9.17) is 0 Å². The quantitative estimate of drug-likeness (QED) is 0.787. The van der Waals surface area contributed by atoms with Crippen LogP contribution in [0.3, 0.4) is 0 Å². The summed E-state index contributed by atoms with van der Waals surface area (Å²) in [5, 5.41) is 2.84. The molecule has 2 aromatic carbocycles. The van der Waals surface area contributed by atoms with Gasteiger partial charge in [0.25, 0.3) is 0 Å². The molecule has 0 radical (unpaired) electrons. The maximum atomic E-state index is 13.3. The zero-order chi connectivity index (χ0) is 22.0. The van der Waals surface area contributed by atoms with Gasteiger partial charge in [-0.15, -0.1) is 0 Å². The molecule has 1 N–H and O–H groups in total. The van der Waals surface area contributed by atoms with Crippen LogP contribution in [0.2, 0.25) is 0 Å². The fourth-order valence-corrected chi connectivity index (χ4v) is 4.18. The lowest BCUT2D eigenvalue weighted by molar-refractivity contribution is -0.139. The highest BCUT2D eigenvalue weighted by Gasteiger charge is 2.49.